The summed E-state index contributed by atoms with van der Waals surface area (Å²) in [6.07, 6.45) is 2.52. The van der Waals surface area contributed by atoms with E-state index in [9.17, 15) is 4.79 Å². The van der Waals surface area contributed by atoms with Gasteiger partial charge < -0.3 is 15.3 Å². The van der Waals surface area contributed by atoms with E-state index in [0.717, 1.165) is 30.4 Å². The Kier molecular flexibility index (Phi) is 3.85. The molecule has 1 amide bonds. The third kappa shape index (κ3) is 3.18. The van der Waals surface area contributed by atoms with E-state index >= 15 is 0 Å². The minimum atomic E-state index is -0.429. The number of rotatable bonds is 4. The second-order valence-corrected chi connectivity index (χ2v) is 6.35. The third-order valence-electron chi connectivity index (χ3n) is 4.51. The van der Waals surface area contributed by atoms with E-state index in [1.807, 2.05) is 13.8 Å². The van der Waals surface area contributed by atoms with E-state index in [0.29, 0.717) is 5.92 Å². The van der Waals surface area contributed by atoms with Crippen molar-refractivity contribution in [3.63, 3.8) is 0 Å². The van der Waals surface area contributed by atoms with Gasteiger partial charge in [-0.1, -0.05) is 0 Å². The summed E-state index contributed by atoms with van der Waals surface area (Å²) < 4.78 is 0. The lowest BCUT2D eigenvalue weighted by Gasteiger charge is -2.19. The number of anilines is 1. The SMILES string of the molecule is Cc1cc(N2C[C@@H](NC(=O)CO)[C@H](C3CC3)C2)cc(C)n1. The van der Waals surface area contributed by atoms with Crippen molar-refractivity contribution in [2.75, 3.05) is 24.6 Å². The molecule has 0 spiro atoms. The summed E-state index contributed by atoms with van der Waals surface area (Å²) in [5.74, 6) is 0.951. The summed E-state index contributed by atoms with van der Waals surface area (Å²) in [4.78, 5) is 18.3. The van der Waals surface area contributed by atoms with Gasteiger partial charge in [-0.2, -0.15) is 0 Å². The van der Waals surface area contributed by atoms with Crippen LogP contribution in [0.1, 0.15) is 24.2 Å². The maximum atomic E-state index is 11.5. The van der Waals surface area contributed by atoms with Gasteiger partial charge in [0.05, 0.1) is 6.04 Å². The van der Waals surface area contributed by atoms with Crippen LogP contribution in [0.5, 0.6) is 0 Å². The summed E-state index contributed by atoms with van der Waals surface area (Å²) in [6, 6.07) is 4.35. The average molecular weight is 289 g/mol. The van der Waals surface area contributed by atoms with Gasteiger partial charge in [-0.15, -0.1) is 0 Å². The minimum Gasteiger partial charge on any atom is -0.387 e. The fraction of sp³-hybridized carbons (Fsp3) is 0.625. The van der Waals surface area contributed by atoms with Crippen molar-refractivity contribution in [3.8, 4) is 0 Å². The molecular formula is C16H23N3O2. The van der Waals surface area contributed by atoms with Crippen LogP contribution in [0.15, 0.2) is 12.1 Å². The fourth-order valence-electron chi connectivity index (χ4n) is 3.44. The number of amides is 1. The Labute approximate surface area is 125 Å². The number of aliphatic hydroxyl groups is 1. The van der Waals surface area contributed by atoms with Gasteiger partial charge in [-0.05, 0) is 44.7 Å². The first kappa shape index (κ1) is 14.3. The van der Waals surface area contributed by atoms with Crippen molar-refractivity contribution in [2.45, 2.75) is 32.7 Å². The van der Waals surface area contributed by atoms with Crippen LogP contribution in [0.3, 0.4) is 0 Å². The second-order valence-electron chi connectivity index (χ2n) is 6.35. The lowest BCUT2D eigenvalue weighted by molar-refractivity contribution is -0.124. The highest BCUT2D eigenvalue weighted by Gasteiger charge is 2.43. The molecule has 0 unspecified atom stereocenters. The van der Waals surface area contributed by atoms with Crippen LogP contribution in [0, 0.1) is 25.7 Å². The van der Waals surface area contributed by atoms with Gasteiger partial charge in [0.1, 0.15) is 6.61 Å². The van der Waals surface area contributed by atoms with E-state index in [1.165, 1.54) is 18.5 Å². The third-order valence-corrected chi connectivity index (χ3v) is 4.51. The molecular weight excluding hydrogens is 266 g/mol. The number of nitrogens with zero attached hydrogens (tertiary/aromatic N) is 2. The number of aryl methyl sites for hydroxylation is 2. The van der Waals surface area contributed by atoms with Crippen LogP contribution in [0.4, 0.5) is 5.69 Å². The molecule has 1 saturated carbocycles. The highest BCUT2D eigenvalue weighted by molar-refractivity contribution is 5.77. The Bertz CT molecular complexity index is 522. The van der Waals surface area contributed by atoms with Crippen LogP contribution in [-0.2, 0) is 4.79 Å². The number of hydrogen-bond donors (Lipinski definition) is 2. The van der Waals surface area contributed by atoms with Crippen LogP contribution in [0.2, 0.25) is 0 Å². The highest BCUT2D eigenvalue weighted by Crippen LogP contribution is 2.42. The van der Waals surface area contributed by atoms with Gasteiger partial charge in [-0.25, -0.2) is 0 Å². The molecule has 2 heterocycles. The molecule has 5 heteroatoms. The van der Waals surface area contributed by atoms with Crippen molar-refractivity contribution in [1.29, 1.82) is 0 Å². The van der Waals surface area contributed by atoms with Gasteiger partial charge in [0, 0.05) is 36.1 Å². The molecule has 5 nitrogen and oxygen atoms in total. The molecule has 1 aromatic rings. The number of nitrogens with one attached hydrogen (secondary N) is 1. The van der Waals surface area contributed by atoms with Crippen molar-refractivity contribution in [2.24, 2.45) is 11.8 Å². The van der Waals surface area contributed by atoms with Gasteiger partial charge in [0.2, 0.25) is 5.91 Å². The molecule has 3 rings (SSSR count). The van der Waals surface area contributed by atoms with Gasteiger partial charge >= 0.3 is 0 Å². The summed E-state index contributed by atoms with van der Waals surface area (Å²) in [5.41, 5.74) is 3.23. The number of carbonyl (C=O) groups excluding carboxylic acids is 1. The zero-order valence-corrected chi connectivity index (χ0v) is 12.7. The summed E-state index contributed by atoms with van der Waals surface area (Å²) >= 11 is 0. The van der Waals surface area contributed by atoms with Crippen LogP contribution in [0.25, 0.3) is 0 Å². The van der Waals surface area contributed by atoms with Crippen molar-refractivity contribution in [1.82, 2.24) is 10.3 Å². The van der Waals surface area contributed by atoms with Gasteiger partial charge in [0.15, 0.2) is 0 Å². The number of carbonyl (C=O) groups is 1. The lowest BCUT2D eigenvalue weighted by Crippen LogP contribution is -2.42. The Hall–Kier alpha value is -1.62. The first-order valence-corrected chi connectivity index (χ1v) is 7.67. The quantitative estimate of drug-likeness (QED) is 0.868. The van der Waals surface area contributed by atoms with Crippen LogP contribution >= 0.6 is 0 Å². The topological polar surface area (TPSA) is 65.5 Å². The Balaban J connectivity index is 1.77. The molecule has 0 aromatic carbocycles. The van der Waals surface area contributed by atoms with E-state index in [1.54, 1.807) is 0 Å². The molecule has 0 radical (unpaired) electrons. The Morgan fingerprint density at radius 2 is 2.00 bits per heavy atom. The molecule has 2 atom stereocenters. The number of pyridine rings is 1. The minimum absolute atomic E-state index is 0.144. The van der Waals surface area contributed by atoms with Crippen LogP contribution in [-0.4, -0.2) is 41.7 Å². The predicted molar refractivity (Wildman–Crippen MR) is 81.2 cm³/mol. The predicted octanol–water partition coefficient (Wildman–Crippen LogP) is 1.02. The second kappa shape index (κ2) is 5.64. The van der Waals surface area contributed by atoms with Crippen LogP contribution < -0.4 is 10.2 Å². The van der Waals surface area contributed by atoms with E-state index in [4.69, 9.17) is 5.11 Å². The Morgan fingerprint density at radius 1 is 1.33 bits per heavy atom. The highest BCUT2D eigenvalue weighted by atomic mass is 16.3. The summed E-state index contributed by atoms with van der Waals surface area (Å²) in [6.45, 7) is 5.38. The zero-order chi connectivity index (χ0) is 15.0. The molecule has 114 valence electrons. The molecule has 1 aliphatic carbocycles. The molecule has 1 saturated heterocycles. The van der Waals surface area contributed by atoms with Crippen molar-refractivity contribution >= 4 is 11.6 Å². The maximum Gasteiger partial charge on any atom is 0.245 e. The van der Waals surface area contributed by atoms with Gasteiger partial charge in [0.25, 0.3) is 0 Å². The maximum absolute atomic E-state index is 11.5. The van der Waals surface area contributed by atoms with E-state index < -0.39 is 6.61 Å². The number of aliphatic hydroxyl groups excluding tert-OH is 1. The monoisotopic (exact) mass is 289 g/mol. The molecule has 21 heavy (non-hydrogen) atoms. The average Bonchev–Trinajstić information content (AvgIpc) is 3.19. The summed E-state index contributed by atoms with van der Waals surface area (Å²) in [7, 11) is 0. The molecule has 2 N–H and O–H groups in total. The van der Waals surface area contributed by atoms with Crippen molar-refractivity contribution < 1.29 is 9.90 Å². The number of hydrogen-bond acceptors (Lipinski definition) is 4. The smallest absolute Gasteiger partial charge is 0.245 e. The van der Waals surface area contributed by atoms with Crippen molar-refractivity contribution in [3.05, 3.63) is 23.5 Å². The Morgan fingerprint density at radius 3 is 2.57 bits per heavy atom. The summed E-state index contributed by atoms with van der Waals surface area (Å²) in [5, 5.41) is 11.9. The fourth-order valence-corrected chi connectivity index (χ4v) is 3.44. The van der Waals surface area contributed by atoms with Gasteiger partial charge in [-0.3, -0.25) is 9.78 Å². The van der Waals surface area contributed by atoms with E-state index in [2.05, 4.69) is 27.3 Å². The largest absolute Gasteiger partial charge is 0.387 e. The first-order chi connectivity index (χ1) is 10.1. The first-order valence-electron chi connectivity index (χ1n) is 7.67. The molecule has 2 aliphatic rings. The number of aromatic nitrogens is 1. The molecule has 1 aromatic heterocycles. The molecule has 0 bridgehead atoms. The standard InChI is InChI=1S/C16H23N3O2/c1-10-5-13(6-11(2)17-10)19-7-14(12-3-4-12)15(8-19)18-16(21)9-20/h5-6,12,14-15,20H,3-4,7-9H2,1-2H3,(H,18,21)/t14-,15+/m0/s1. The van der Waals surface area contributed by atoms with E-state index in [-0.39, 0.29) is 11.9 Å². The zero-order valence-electron chi connectivity index (χ0n) is 12.7. The lowest BCUT2D eigenvalue weighted by atomic mass is 9.98. The normalized spacial score (nSPS) is 25.2. The molecule has 1 aliphatic heterocycles. The molecule has 2 fully saturated rings.